The number of aryl methyl sites for hydroxylation is 2. The van der Waals surface area contributed by atoms with E-state index in [0.29, 0.717) is 17.1 Å². The molecule has 0 fully saturated rings. The zero-order valence-corrected chi connectivity index (χ0v) is 15.3. The number of rotatable bonds is 3. The van der Waals surface area contributed by atoms with Gasteiger partial charge in [-0.2, -0.15) is 0 Å². The van der Waals surface area contributed by atoms with Crippen LogP contribution in [0.15, 0.2) is 46.9 Å². The number of anilines is 1. The van der Waals surface area contributed by atoms with E-state index in [0.717, 1.165) is 15.7 Å². The van der Waals surface area contributed by atoms with E-state index in [9.17, 15) is 4.79 Å². The van der Waals surface area contributed by atoms with Gasteiger partial charge in [0.2, 0.25) is 0 Å². The van der Waals surface area contributed by atoms with Crippen LogP contribution in [0.5, 0.6) is 0 Å². The van der Waals surface area contributed by atoms with Crippen molar-refractivity contribution in [1.29, 1.82) is 0 Å². The number of aromatic nitrogens is 3. The van der Waals surface area contributed by atoms with Crippen molar-refractivity contribution in [3.05, 3.63) is 69.5 Å². The molecular weight excluding hydrogens is 368 g/mol. The second-order valence-electron chi connectivity index (χ2n) is 5.69. The van der Waals surface area contributed by atoms with Crippen molar-refractivity contribution in [2.75, 3.05) is 5.32 Å². The van der Waals surface area contributed by atoms with Crippen LogP contribution in [0, 0.1) is 20.8 Å². The molecule has 0 radical (unpaired) electrons. The molecule has 1 amide bonds. The monoisotopic (exact) mass is 384 g/mol. The van der Waals surface area contributed by atoms with Gasteiger partial charge in [0.05, 0.1) is 11.4 Å². The highest BCUT2D eigenvalue weighted by Gasteiger charge is 2.18. The van der Waals surface area contributed by atoms with Crippen molar-refractivity contribution in [2.45, 2.75) is 20.8 Å². The largest absolute Gasteiger partial charge is 0.321 e. The first-order valence-electron chi connectivity index (χ1n) is 7.52. The summed E-state index contributed by atoms with van der Waals surface area (Å²) in [6.45, 7) is 5.91. The number of benzene rings is 2. The Morgan fingerprint density at radius 2 is 1.79 bits per heavy atom. The topological polar surface area (TPSA) is 59.8 Å². The molecule has 0 bridgehead atoms. The van der Waals surface area contributed by atoms with Gasteiger partial charge in [-0.3, -0.25) is 4.79 Å². The summed E-state index contributed by atoms with van der Waals surface area (Å²) in [5, 5.41) is 11.1. The molecule has 0 atom stereocenters. The van der Waals surface area contributed by atoms with Gasteiger partial charge >= 0.3 is 0 Å². The number of halogens is 1. The van der Waals surface area contributed by atoms with Gasteiger partial charge in [0.15, 0.2) is 5.69 Å². The standard InChI is InChI=1S/C18H17BrN4O/c1-11-4-9-16(12(2)10-11)23-13(3)17(21-22-23)18(24)20-15-7-5-14(19)6-8-15/h4-10H,1-3H3,(H,20,24). The second-order valence-corrected chi connectivity index (χ2v) is 6.60. The fourth-order valence-electron chi connectivity index (χ4n) is 2.53. The van der Waals surface area contributed by atoms with Gasteiger partial charge in [-0.15, -0.1) is 5.10 Å². The van der Waals surface area contributed by atoms with Crippen molar-refractivity contribution < 1.29 is 4.79 Å². The number of nitrogens with one attached hydrogen (secondary N) is 1. The van der Waals surface area contributed by atoms with Gasteiger partial charge in [0.25, 0.3) is 5.91 Å². The Morgan fingerprint density at radius 3 is 2.46 bits per heavy atom. The fraction of sp³-hybridized carbons (Fsp3) is 0.167. The molecule has 1 aromatic heterocycles. The molecule has 122 valence electrons. The van der Waals surface area contributed by atoms with Crippen LogP contribution < -0.4 is 5.32 Å². The Balaban J connectivity index is 1.89. The van der Waals surface area contributed by atoms with Gasteiger partial charge in [-0.25, -0.2) is 4.68 Å². The number of nitrogens with zero attached hydrogens (tertiary/aromatic N) is 3. The molecule has 6 heteroatoms. The lowest BCUT2D eigenvalue weighted by molar-refractivity contribution is 0.102. The van der Waals surface area contributed by atoms with Gasteiger partial charge in [-0.05, 0) is 56.7 Å². The number of amides is 1. The zero-order valence-electron chi connectivity index (χ0n) is 13.7. The summed E-state index contributed by atoms with van der Waals surface area (Å²) < 4.78 is 2.66. The maximum Gasteiger partial charge on any atom is 0.278 e. The summed E-state index contributed by atoms with van der Waals surface area (Å²) in [6, 6.07) is 13.5. The van der Waals surface area contributed by atoms with Crippen molar-refractivity contribution in [3.63, 3.8) is 0 Å². The van der Waals surface area contributed by atoms with E-state index >= 15 is 0 Å². The summed E-state index contributed by atoms with van der Waals surface area (Å²) in [5.41, 5.74) is 4.93. The molecule has 0 spiro atoms. The average Bonchev–Trinajstić information content (AvgIpc) is 2.91. The summed E-state index contributed by atoms with van der Waals surface area (Å²) in [5.74, 6) is -0.272. The first-order chi connectivity index (χ1) is 11.5. The van der Waals surface area contributed by atoms with Crippen molar-refractivity contribution in [1.82, 2.24) is 15.0 Å². The van der Waals surface area contributed by atoms with E-state index in [1.54, 1.807) is 4.68 Å². The Labute approximate surface area is 148 Å². The van der Waals surface area contributed by atoms with E-state index in [2.05, 4.69) is 37.6 Å². The molecule has 3 aromatic rings. The lowest BCUT2D eigenvalue weighted by Crippen LogP contribution is -2.14. The predicted octanol–water partition coefficient (Wildman–Crippen LogP) is 4.21. The maximum atomic E-state index is 12.5. The van der Waals surface area contributed by atoms with Crippen LogP contribution in [0.3, 0.4) is 0 Å². The van der Waals surface area contributed by atoms with Crippen molar-refractivity contribution in [2.24, 2.45) is 0 Å². The van der Waals surface area contributed by atoms with E-state index in [1.807, 2.05) is 57.2 Å². The first-order valence-corrected chi connectivity index (χ1v) is 8.32. The lowest BCUT2D eigenvalue weighted by Gasteiger charge is -2.08. The predicted molar refractivity (Wildman–Crippen MR) is 97.7 cm³/mol. The molecule has 0 aliphatic rings. The third kappa shape index (κ3) is 3.23. The molecule has 3 rings (SSSR count). The van der Waals surface area contributed by atoms with Crippen LogP contribution in [0.25, 0.3) is 5.69 Å². The van der Waals surface area contributed by atoms with E-state index < -0.39 is 0 Å². The lowest BCUT2D eigenvalue weighted by atomic mass is 10.1. The number of hydrogen-bond acceptors (Lipinski definition) is 3. The van der Waals surface area contributed by atoms with E-state index in [-0.39, 0.29) is 5.91 Å². The molecule has 1 N–H and O–H groups in total. The molecule has 0 aliphatic carbocycles. The molecule has 2 aromatic carbocycles. The van der Waals surface area contributed by atoms with Crippen LogP contribution in [0.2, 0.25) is 0 Å². The van der Waals surface area contributed by atoms with Crippen LogP contribution in [0.1, 0.15) is 27.3 Å². The minimum atomic E-state index is -0.272. The third-order valence-corrected chi connectivity index (χ3v) is 4.32. The number of carbonyl (C=O) groups is 1. The highest BCUT2D eigenvalue weighted by molar-refractivity contribution is 9.10. The summed E-state index contributed by atoms with van der Waals surface area (Å²) in [6.07, 6.45) is 0. The molecular formula is C18H17BrN4O. The van der Waals surface area contributed by atoms with Gasteiger partial charge in [0.1, 0.15) is 0 Å². The van der Waals surface area contributed by atoms with Crippen LogP contribution in [-0.4, -0.2) is 20.9 Å². The molecule has 0 aliphatic heterocycles. The van der Waals surface area contributed by atoms with Crippen LogP contribution in [0.4, 0.5) is 5.69 Å². The molecule has 0 saturated heterocycles. The molecule has 0 unspecified atom stereocenters. The molecule has 1 heterocycles. The summed E-state index contributed by atoms with van der Waals surface area (Å²) in [4.78, 5) is 12.5. The highest BCUT2D eigenvalue weighted by Crippen LogP contribution is 2.19. The Hall–Kier alpha value is -2.47. The summed E-state index contributed by atoms with van der Waals surface area (Å²) >= 11 is 3.37. The third-order valence-electron chi connectivity index (χ3n) is 3.79. The SMILES string of the molecule is Cc1ccc(-n2nnc(C(=O)Nc3ccc(Br)cc3)c2C)c(C)c1. The van der Waals surface area contributed by atoms with Crippen molar-refractivity contribution in [3.8, 4) is 5.69 Å². The molecule has 24 heavy (non-hydrogen) atoms. The fourth-order valence-corrected chi connectivity index (χ4v) is 2.80. The average molecular weight is 385 g/mol. The minimum absolute atomic E-state index is 0.272. The van der Waals surface area contributed by atoms with Crippen molar-refractivity contribution >= 4 is 27.5 Å². The Kier molecular flexibility index (Phi) is 4.49. The van der Waals surface area contributed by atoms with Gasteiger partial charge < -0.3 is 5.32 Å². The molecule has 5 nitrogen and oxygen atoms in total. The van der Waals surface area contributed by atoms with E-state index in [1.165, 1.54) is 5.56 Å². The van der Waals surface area contributed by atoms with Crippen LogP contribution in [-0.2, 0) is 0 Å². The smallest absolute Gasteiger partial charge is 0.278 e. The van der Waals surface area contributed by atoms with Gasteiger partial charge in [0, 0.05) is 10.2 Å². The first kappa shape index (κ1) is 16.4. The minimum Gasteiger partial charge on any atom is -0.321 e. The normalized spacial score (nSPS) is 10.7. The zero-order chi connectivity index (χ0) is 17.3. The van der Waals surface area contributed by atoms with E-state index in [4.69, 9.17) is 0 Å². The Morgan fingerprint density at radius 1 is 1.08 bits per heavy atom. The maximum absolute atomic E-state index is 12.5. The van der Waals surface area contributed by atoms with Crippen LogP contribution >= 0.6 is 15.9 Å². The highest BCUT2D eigenvalue weighted by atomic mass is 79.9. The van der Waals surface area contributed by atoms with Gasteiger partial charge in [-0.1, -0.05) is 38.8 Å². The number of hydrogen-bond donors (Lipinski definition) is 1. The second kappa shape index (κ2) is 6.57. The Bertz CT molecular complexity index is 900. The summed E-state index contributed by atoms with van der Waals surface area (Å²) in [7, 11) is 0. The molecule has 0 saturated carbocycles. The quantitative estimate of drug-likeness (QED) is 0.735. The number of carbonyl (C=O) groups excluding carboxylic acids is 1.